The molecule has 1 N–H and O–H groups in total. The minimum atomic E-state index is -0.517. The molecule has 2 aromatic carbocycles. The average molecular weight is 358 g/mol. The first-order valence-corrected chi connectivity index (χ1v) is 9.30. The predicted octanol–water partition coefficient (Wildman–Crippen LogP) is 5.32. The third-order valence-electron chi connectivity index (χ3n) is 4.71. The van der Waals surface area contributed by atoms with E-state index in [4.69, 9.17) is 16.3 Å². The highest BCUT2D eigenvalue weighted by Gasteiger charge is 2.20. The molecule has 0 saturated heterocycles. The van der Waals surface area contributed by atoms with E-state index < -0.39 is 6.10 Å². The molecule has 0 spiro atoms. The van der Waals surface area contributed by atoms with Crippen LogP contribution in [-0.2, 0) is 17.6 Å². The van der Waals surface area contributed by atoms with Gasteiger partial charge in [-0.1, -0.05) is 24.6 Å². The second-order valence-corrected chi connectivity index (χ2v) is 7.04. The molecule has 1 atom stereocenters. The van der Waals surface area contributed by atoms with Crippen LogP contribution in [0.15, 0.2) is 36.4 Å². The van der Waals surface area contributed by atoms with E-state index in [0.717, 1.165) is 29.8 Å². The summed E-state index contributed by atoms with van der Waals surface area (Å²) in [5.41, 5.74) is 4.46. The Hall–Kier alpha value is -2.00. The smallest absolute Gasteiger partial charge is 0.265 e. The van der Waals surface area contributed by atoms with E-state index in [9.17, 15) is 4.79 Å². The molecule has 3 nitrogen and oxygen atoms in total. The third-order valence-corrected chi connectivity index (χ3v) is 4.94. The van der Waals surface area contributed by atoms with Crippen LogP contribution in [0.5, 0.6) is 5.75 Å². The molecule has 0 fully saturated rings. The third kappa shape index (κ3) is 4.35. The molecule has 0 radical (unpaired) electrons. The quantitative estimate of drug-likeness (QED) is 0.786. The number of ether oxygens (including phenoxy) is 1. The summed E-state index contributed by atoms with van der Waals surface area (Å²) in [6, 6.07) is 11.6. The molecule has 0 aromatic heterocycles. The van der Waals surface area contributed by atoms with Gasteiger partial charge in [-0.25, -0.2) is 0 Å². The van der Waals surface area contributed by atoms with Gasteiger partial charge in [0.25, 0.3) is 5.91 Å². The van der Waals surface area contributed by atoms with Crippen molar-refractivity contribution >= 4 is 23.2 Å². The Bertz CT molecular complexity index is 772. The molecule has 1 aliphatic rings. The monoisotopic (exact) mass is 357 g/mol. The number of nitrogens with one attached hydrogen (secondary N) is 1. The summed E-state index contributed by atoms with van der Waals surface area (Å²) < 4.78 is 5.99. The molecule has 1 aliphatic carbocycles. The first kappa shape index (κ1) is 17.8. The maximum Gasteiger partial charge on any atom is 0.265 e. The van der Waals surface area contributed by atoms with E-state index in [1.807, 2.05) is 32.0 Å². The highest BCUT2D eigenvalue weighted by molar-refractivity contribution is 6.30. The number of hydrogen-bond acceptors (Lipinski definition) is 2. The molecular formula is C21H24ClNO2. The molecule has 25 heavy (non-hydrogen) atoms. The largest absolute Gasteiger partial charge is 0.481 e. The molecule has 4 heteroatoms. The number of hydrogen-bond donors (Lipinski definition) is 1. The minimum absolute atomic E-state index is 0.134. The Morgan fingerprint density at radius 3 is 2.64 bits per heavy atom. The van der Waals surface area contributed by atoms with Crippen LogP contribution in [0.4, 0.5) is 5.69 Å². The molecular weight excluding hydrogens is 334 g/mol. The van der Waals surface area contributed by atoms with Gasteiger partial charge in [0.1, 0.15) is 5.75 Å². The Balaban J connectivity index is 1.70. The molecule has 132 valence electrons. The van der Waals surface area contributed by atoms with Crippen molar-refractivity contribution in [3.8, 4) is 5.75 Å². The van der Waals surface area contributed by atoms with Gasteiger partial charge in [-0.2, -0.15) is 0 Å². The van der Waals surface area contributed by atoms with E-state index in [0.29, 0.717) is 11.4 Å². The summed E-state index contributed by atoms with van der Waals surface area (Å²) in [7, 11) is 0. The van der Waals surface area contributed by atoms with Gasteiger partial charge in [0.05, 0.1) is 0 Å². The number of halogens is 1. The Labute approximate surface area is 154 Å². The number of aryl methyl sites for hydroxylation is 3. The van der Waals surface area contributed by atoms with Crippen molar-refractivity contribution in [2.75, 3.05) is 5.32 Å². The van der Waals surface area contributed by atoms with Crippen LogP contribution in [0, 0.1) is 6.92 Å². The van der Waals surface area contributed by atoms with Crippen LogP contribution >= 0.6 is 11.6 Å². The van der Waals surface area contributed by atoms with Crippen LogP contribution in [0.25, 0.3) is 0 Å². The zero-order chi connectivity index (χ0) is 17.8. The lowest BCUT2D eigenvalue weighted by atomic mass is 9.92. The Morgan fingerprint density at radius 1 is 1.16 bits per heavy atom. The zero-order valence-electron chi connectivity index (χ0n) is 14.8. The summed E-state index contributed by atoms with van der Waals surface area (Å²) in [6.45, 7) is 3.88. The summed E-state index contributed by atoms with van der Waals surface area (Å²) in [5.74, 6) is 0.640. The fourth-order valence-electron chi connectivity index (χ4n) is 3.25. The molecule has 0 aliphatic heterocycles. The topological polar surface area (TPSA) is 38.3 Å². The molecule has 0 bridgehead atoms. The van der Waals surface area contributed by atoms with Gasteiger partial charge in [-0.15, -0.1) is 0 Å². The van der Waals surface area contributed by atoms with E-state index in [2.05, 4.69) is 17.4 Å². The van der Waals surface area contributed by atoms with Crippen LogP contribution in [-0.4, -0.2) is 12.0 Å². The predicted molar refractivity (Wildman–Crippen MR) is 103 cm³/mol. The summed E-state index contributed by atoms with van der Waals surface area (Å²) >= 11 is 5.97. The average Bonchev–Trinajstić information content (AvgIpc) is 2.61. The Kier molecular flexibility index (Phi) is 5.64. The number of amides is 1. The maximum atomic E-state index is 12.6. The van der Waals surface area contributed by atoms with Crippen molar-refractivity contribution < 1.29 is 9.53 Å². The first-order valence-electron chi connectivity index (χ1n) is 8.92. The van der Waals surface area contributed by atoms with Crippen molar-refractivity contribution in [1.29, 1.82) is 0 Å². The van der Waals surface area contributed by atoms with Crippen LogP contribution < -0.4 is 10.1 Å². The van der Waals surface area contributed by atoms with Gasteiger partial charge in [-0.3, -0.25) is 4.79 Å². The molecule has 0 unspecified atom stereocenters. The molecule has 2 aromatic rings. The zero-order valence-corrected chi connectivity index (χ0v) is 15.5. The fraction of sp³-hybridized carbons (Fsp3) is 0.381. The Morgan fingerprint density at radius 2 is 1.92 bits per heavy atom. The first-order chi connectivity index (χ1) is 12.1. The van der Waals surface area contributed by atoms with Gasteiger partial charge in [0.15, 0.2) is 6.10 Å². The van der Waals surface area contributed by atoms with Gasteiger partial charge < -0.3 is 10.1 Å². The summed E-state index contributed by atoms with van der Waals surface area (Å²) in [4.78, 5) is 12.6. The lowest BCUT2D eigenvalue weighted by Gasteiger charge is -2.21. The lowest BCUT2D eigenvalue weighted by Crippen LogP contribution is -2.32. The van der Waals surface area contributed by atoms with Crippen LogP contribution in [0.1, 0.15) is 42.9 Å². The van der Waals surface area contributed by atoms with E-state index in [1.54, 1.807) is 6.07 Å². The van der Waals surface area contributed by atoms with E-state index in [-0.39, 0.29) is 5.91 Å². The highest BCUT2D eigenvalue weighted by Crippen LogP contribution is 2.26. The van der Waals surface area contributed by atoms with E-state index >= 15 is 0 Å². The normalized spacial score (nSPS) is 14.5. The fourth-order valence-corrected chi connectivity index (χ4v) is 3.48. The van der Waals surface area contributed by atoms with Crippen molar-refractivity contribution in [3.05, 3.63) is 58.1 Å². The number of benzene rings is 2. The van der Waals surface area contributed by atoms with Crippen molar-refractivity contribution in [3.63, 3.8) is 0 Å². The number of anilines is 1. The standard InChI is InChI=1S/C21H24ClNO2/c1-3-20(21(24)23-19-11-9-17(22)12-14(19)2)25-18-10-8-15-6-4-5-7-16(15)13-18/h8-13,20H,3-7H2,1-2H3,(H,23,24)/t20-/m0/s1. The molecule has 3 rings (SSSR count). The van der Waals surface area contributed by atoms with Crippen LogP contribution in [0.2, 0.25) is 5.02 Å². The number of carbonyl (C=O) groups excluding carboxylic acids is 1. The molecule has 0 heterocycles. The summed E-state index contributed by atoms with van der Waals surface area (Å²) in [5, 5.41) is 3.61. The second kappa shape index (κ2) is 7.92. The second-order valence-electron chi connectivity index (χ2n) is 6.60. The SMILES string of the molecule is CC[C@H](Oc1ccc2c(c1)CCCC2)C(=O)Nc1ccc(Cl)cc1C. The minimum Gasteiger partial charge on any atom is -0.481 e. The highest BCUT2D eigenvalue weighted by atomic mass is 35.5. The summed E-state index contributed by atoms with van der Waals surface area (Å²) in [6.07, 6.45) is 4.81. The lowest BCUT2D eigenvalue weighted by molar-refractivity contribution is -0.122. The van der Waals surface area contributed by atoms with Gasteiger partial charge in [0, 0.05) is 10.7 Å². The van der Waals surface area contributed by atoms with E-state index in [1.165, 1.54) is 24.0 Å². The van der Waals surface area contributed by atoms with Crippen molar-refractivity contribution in [1.82, 2.24) is 0 Å². The van der Waals surface area contributed by atoms with Gasteiger partial charge >= 0.3 is 0 Å². The number of carbonyl (C=O) groups is 1. The molecule has 0 saturated carbocycles. The van der Waals surface area contributed by atoms with Gasteiger partial charge in [0.2, 0.25) is 0 Å². The van der Waals surface area contributed by atoms with Gasteiger partial charge in [-0.05, 0) is 86.1 Å². The molecule has 1 amide bonds. The number of rotatable bonds is 5. The van der Waals surface area contributed by atoms with Crippen molar-refractivity contribution in [2.45, 2.75) is 52.1 Å². The maximum absolute atomic E-state index is 12.6. The van der Waals surface area contributed by atoms with Crippen LogP contribution in [0.3, 0.4) is 0 Å². The van der Waals surface area contributed by atoms with Crippen molar-refractivity contribution in [2.24, 2.45) is 0 Å². The number of fused-ring (bicyclic) bond motifs is 1.